The summed E-state index contributed by atoms with van der Waals surface area (Å²) in [7, 11) is 0. The molecule has 0 amide bonds. The molecule has 0 saturated carbocycles. The third kappa shape index (κ3) is 1.21. The van der Waals surface area contributed by atoms with Gasteiger partial charge in [0, 0.05) is 10.8 Å². The Morgan fingerprint density at radius 1 is 1.06 bits per heavy atom. The number of furan rings is 1. The summed E-state index contributed by atoms with van der Waals surface area (Å²) in [5.41, 5.74) is 4.60. The highest BCUT2D eigenvalue weighted by molar-refractivity contribution is 6.06. The van der Waals surface area contributed by atoms with Gasteiger partial charge in [0.05, 0.1) is 11.8 Å². The molecule has 4 rings (SSSR count). The van der Waals surface area contributed by atoms with Crippen LogP contribution in [-0.2, 0) is 0 Å². The molecule has 1 aromatic heterocycles. The summed E-state index contributed by atoms with van der Waals surface area (Å²) in [4.78, 5) is 0. The average molecular weight is 236 g/mol. The van der Waals surface area contributed by atoms with Crippen molar-refractivity contribution in [3.63, 3.8) is 0 Å². The first-order valence-electron chi connectivity index (χ1n) is 6.30. The van der Waals surface area contributed by atoms with Crippen molar-refractivity contribution in [3.8, 4) is 0 Å². The van der Waals surface area contributed by atoms with Crippen LogP contribution >= 0.6 is 0 Å². The van der Waals surface area contributed by atoms with Crippen LogP contribution in [0, 0.1) is 0 Å². The zero-order chi connectivity index (χ0) is 12.1. The average Bonchev–Trinajstić information content (AvgIpc) is 2.77. The Labute approximate surface area is 105 Å². The third-order valence-corrected chi connectivity index (χ3v) is 3.75. The fourth-order valence-corrected chi connectivity index (χ4v) is 2.86. The number of nitrogens with two attached hydrogens (primary N) is 1. The molecular formula is C16H14NO+. The minimum absolute atomic E-state index is 0.411. The van der Waals surface area contributed by atoms with Crippen LogP contribution in [0.15, 0.2) is 47.0 Å². The summed E-state index contributed by atoms with van der Waals surface area (Å²) >= 11 is 0. The predicted molar refractivity (Wildman–Crippen MR) is 73.1 cm³/mol. The molecular weight excluding hydrogens is 222 g/mol. The molecule has 18 heavy (non-hydrogen) atoms. The molecule has 1 aliphatic heterocycles. The Morgan fingerprint density at radius 3 is 2.89 bits per heavy atom. The lowest BCUT2D eigenvalue weighted by atomic mass is 9.96. The van der Waals surface area contributed by atoms with Gasteiger partial charge in [0.2, 0.25) is 0 Å². The van der Waals surface area contributed by atoms with E-state index in [1.165, 1.54) is 21.9 Å². The van der Waals surface area contributed by atoms with E-state index in [-0.39, 0.29) is 0 Å². The van der Waals surface area contributed by atoms with E-state index >= 15 is 0 Å². The van der Waals surface area contributed by atoms with Crippen molar-refractivity contribution in [3.05, 3.63) is 53.7 Å². The molecule has 0 aliphatic carbocycles. The Balaban J connectivity index is 2.20. The van der Waals surface area contributed by atoms with Gasteiger partial charge in [0.15, 0.2) is 0 Å². The first kappa shape index (κ1) is 9.92. The van der Waals surface area contributed by atoms with E-state index in [9.17, 15) is 0 Å². The SMILES string of the molecule is CC1[NH2+]C=Cc2ccc3c(oc4ccccc43)c21. The smallest absolute Gasteiger partial charge is 0.145 e. The van der Waals surface area contributed by atoms with Gasteiger partial charge >= 0.3 is 0 Å². The van der Waals surface area contributed by atoms with Crippen LogP contribution in [0.4, 0.5) is 0 Å². The van der Waals surface area contributed by atoms with Gasteiger partial charge in [-0.3, -0.25) is 0 Å². The van der Waals surface area contributed by atoms with Crippen LogP contribution in [0.1, 0.15) is 24.1 Å². The molecule has 1 unspecified atom stereocenters. The lowest BCUT2D eigenvalue weighted by Crippen LogP contribution is -2.79. The van der Waals surface area contributed by atoms with Crippen LogP contribution in [0.2, 0.25) is 0 Å². The highest BCUT2D eigenvalue weighted by atomic mass is 16.3. The number of para-hydroxylation sites is 1. The molecule has 0 radical (unpaired) electrons. The molecule has 0 bridgehead atoms. The third-order valence-electron chi connectivity index (χ3n) is 3.75. The molecule has 0 fully saturated rings. The zero-order valence-electron chi connectivity index (χ0n) is 10.2. The van der Waals surface area contributed by atoms with Crippen LogP contribution < -0.4 is 5.32 Å². The second-order valence-electron chi connectivity index (χ2n) is 4.88. The van der Waals surface area contributed by atoms with Crippen molar-refractivity contribution in [2.24, 2.45) is 0 Å². The van der Waals surface area contributed by atoms with E-state index in [4.69, 9.17) is 4.42 Å². The normalized spacial score (nSPS) is 18.4. The Morgan fingerprint density at radius 2 is 1.94 bits per heavy atom. The minimum Gasteiger partial charge on any atom is -0.456 e. The largest absolute Gasteiger partial charge is 0.456 e. The number of fused-ring (bicyclic) bond motifs is 5. The van der Waals surface area contributed by atoms with E-state index in [1.807, 2.05) is 12.1 Å². The topological polar surface area (TPSA) is 29.8 Å². The van der Waals surface area contributed by atoms with Gasteiger partial charge in [0.1, 0.15) is 17.2 Å². The summed E-state index contributed by atoms with van der Waals surface area (Å²) in [6.07, 6.45) is 4.28. The summed E-state index contributed by atoms with van der Waals surface area (Å²) in [5, 5.41) is 4.64. The first-order valence-corrected chi connectivity index (χ1v) is 6.30. The molecule has 2 heterocycles. The maximum Gasteiger partial charge on any atom is 0.145 e. The maximum atomic E-state index is 6.07. The van der Waals surface area contributed by atoms with Crippen molar-refractivity contribution in [1.82, 2.24) is 0 Å². The lowest BCUT2D eigenvalue weighted by Gasteiger charge is -2.15. The van der Waals surface area contributed by atoms with Crippen LogP contribution in [0.3, 0.4) is 0 Å². The zero-order valence-corrected chi connectivity index (χ0v) is 10.2. The van der Waals surface area contributed by atoms with Crippen LogP contribution in [0.5, 0.6) is 0 Å². The monoisotopic (exact) mass is 236 g/mol. The summed E-state index contributed by atoms with van der Waals surface area (Å²) in [6.45, 7) is 2.22. The Hall–Kier alpha value is -2.06. The van der Waals surface area contributed by atoms with Gasteiger partial charge < -0.3 is 9.73 Å². The van der Waals surface area contributed by atoms with Crippen molar-refractivity contribution in [2.75, 3.05) is 0 Å². The van der Waals surface area contributed by atoms with Gasteiger partial charge in [-0.25, -0.2) is 0 Å². The van der Waals surface area contributed by atoms with E-state index in [1.54, 1.807) is 0 Å². The fourth-order valence-electron chi connectivity index (χ4n) is 2.86. The standard InChI is InChI=1S/C16H13NO/c1-10-15-11(8-9-17-10)6-7-13-12-4-2-3-5-14(12)18-16(13)15/h2-10,17H,1H3/p+1. The number of hydrogen-bond donors (Lipinski definition) is 1. The van der Waals surface area contributed by atoms with E-state index in [0.717, 1.165) is 11.2 Å². The minimum atomic E-state index is 0.411. The Kier molecular flexibility index (Phi) is 1.91. The molecule has 1 atom stereocenters. The summed E-state index contributed by atoms with van der Waals surface area (Å²) < 4.78 is 6.07. The van der Waals surface area contributed by atoms with Crippen LogP contribution in [0.25, 0.3) is 28.0 Å². The molecule has 0 spiro atoms. The van der Waals surface area contributed by atoms with E-state index in [0.29, 0.717) is 6.04 Å². The molecule has 0 saturated heterocycles. The van der Waals surface area contributed by atoms with Crippen molar-refractivity contribution in [2.45, 2.75) is 13.0 Å². The lowest BCUT2D eigenvalue weighted by molar-refractivity contribution is -0.629. The molecule has 3 aromatic rings. The number of hydrogen-bond acceptors (Lipinski definition) is 1. The van der Waals surface area contributed by atoms with Crippen molar-refractivity contribution in [1.29, 1.82) is 0 Å². The number of benzene rings is 2. The van der Waals surface area contributed by atoms with Gasteiger partial charge in [-0.15, -0.1) is 0 Å². The van der Waals surface area contributed by atoms with E-state index in [2.05, 4.69) is 48.8 Å². The number of rotatable bonds is 0. The van der Waals surface area contributed by atoms with Crippen molar-refractivity contribution >= 4 is 28.0 Å². The van der Waals surface area contributed by atoms with Gasteiger partial charge in [-0.1, -0.05) is 24.3 Å². The Bertz CT molecular complexity index is 782. The predicted octanol–water partition coefficient (Wildman–Crippen LogP) is 3.19. The molecule has 1 aliphatic rings. The number of quaternary nitrogens is 1. The van der Waals surface area contributed by atoms with Gasteiger partial charge in [0.25, 0.3) is 0 Å². The highest BCUT2D eigenvalue weighted by Gasteiger charge is 2.22. The highest BCUT2D eigenvalue weighted by Crippen LogP contribution is 2.35. The van der Waals surface area contributed by atoms with Gasteiger partial charge in [-0.2, -0.15) is 0 Å². The maximum absolute atomic E-state index is 6.07. The molecule has 2 nitrogen and oxygen atoms in total. The molecule has 2 N–H and O–H groups in total. The van der Waals surface area contributed by atoms with Gasteiger partial charge in [-0.05, 0) is 30.7 Å². The summed E-state index contributed by atoms with van der Waals surface area (Å²) in [6, 6.07) is 13.0. The second-order valence-corrected chi connectivity index (χ2v) is 4.88. The van der Waals surface area contributed by atoms with Crippen LogP contribution in [-0.4, -0.2) is 0 Å². The molecule has 2 heteroatoms. The summed E-state index contributed by atoms with van der Waals surface area (Å²) in [5.74, 6) is 0. The fraction of sp³-hybridized carbons (Fsp3) is 0.125. The van der Waals surface area contributed by atoms with Crippen molar-refractivity contribution < 1.29 is 9.73 Å². The quantitative estimate of drug-likeness (QED) is 0.638. The second kappa shape index (κ2) is 3.47. The first-order chi connectivity index (χ1) is 8.84. The van der Waals surface area contributed by atoms with E-state index < -0.39 is 0 Å². The molecule has 2 aromatic carbocycles. The molecule has 88 valence electrons.